The van der Waals surface area contributed by atoms with Crippen LogP contribution in [-0.4, -0.2) is 52.7 Å². The molecule has 3 N–H and O–H groups in total. The fourth-order valence-electron chi connectivity index (χ4n) is 4.15. The van der Waals surface area contributed by atoms with Crippen molar-refractivity contribution in [2.24, 2.45) is 10.7 Å². The number of rotatable bonds is 5. The van der Waals surface area contributed by atoms with E-state index >= 15 is 0 Å². The van der Waals surface area contributed by atoms with Gasteiger partial charge in [0.05, 0.1) is 18.1 Å². The molecule has 1 aromatic heterocycles. The number of aromatic nitrogens is 3. The number of aryl methyl sites for hydroxylation is 1. The Labute approximate surface area is 192 Å². The van der Waals surface area contributed by atoms with Crippen molar-refractivity contribution >= 4 is 22.8 Å². The highest BCUT2D eigenvalue weighted by molar-refractivity contribution is 5.84. The summed E-state index contributed by atoms with van der Waals surface area (Å²) in [6.07, 6.45) is 3.89. The monoisotopic (exact) mass is 447 g/mol. The third-order valence-corrected chi connectivity index (χ3v) is 6.34. The zero-order valence-electron chi connectivity index (χ0n) is 19.2. The second-order valence-corrected chi connectivity index (χ2v) is 8.42. The number of allylic oxidation sites excluding steroid dienone is 1. The minimum Gasteiger partial charge on any atom is -0.398 e. The third kappa shape index (κ3) is 4.58. The number of nitrogens with zero attached hydrogens (tertiary/aromatic N) is 4. The maximum Gasteiger partial charge on any atom is 0.278 e. The molecule has 8 heteroatoms. The zero-order valence-corrected chi connectivity index (χ0v) is 19.2. The molecule has 0 radical (unpaired) electrons. The van der Waals surface area contributed by atoms with Gasteiger partial charge in [-0.25, -0.2) is 4.68 Å². The molecule has 4 rings (SSSR count). The van der Waals surface area contributed by atoms with Crippen LogP contribution in [0.3, 0.4) is 0 Å². The Kier molecular flexibility index (Phi) is 6.67. The topological polar surface area (TPSA) is 116 Å². The van der Waals surface area contributed by atoms with E-state index in [1.165, 1.54) is 4.68 Å². The van der Waals surface area contributed by atoms with Crippen LogP contribution in [0.4, 0.5) is 0 Å². The minimum atomic E-state index is -0.683. The summed E-state index contributed by atoms with van der Waals surface area (Å²) in [6, 6.07) is 9.42. The fraction of sp³-hybridized carbons (Fsp3) is 0.360. The Hall–Kier alpha value is -3.36. The van der Waals surface area contributed by atoms with Crippen molar-refractivity contribution in [1.82, 2.24) is 15.0 Å². The van der Waals surface area contributed by atoms with Crippen molar-refractivity contribution in [3.05, 3.63) is 74.6 Å². The SMILES string of the molecule is CN=CC=C(N)c1ccc(Cc2cc3c(=O)n([C@H]4COCC[C@@H]4O)nnc3c(C)c2C)cc1. The van der Waals surface area contributed by atoms with Gasteiger partial charge in [-0.1, -0.05) is 29.5 Å². The van der Waals surface area contributed by atoms with Gasteiger partial charge in [-0.3, -0.25) is 9.79 Å². The fourth-order valence-corrected chi connectivity index (χ4v) is 4.15. The molecule has 0 bridgehead atoms. The molecule has 172 valence electrons. The van der Waals surface area contributed by atoms with Gasteiger partial charge >= 0.3 is 0 Å². The number of fused-ring (bicyclic) bond motifs is 1. The predicted octanol–water partition coefficient (Wildman–Crippen LogP) is 2.32. The molecule has 0 unspecified atom stereocenters. The lowest BCUT2D eigenvalue weighted by atomic mass is 9.94. The molecular formula is C25H29N5O3. The number of hydrogen-bond acceptors (Lipinski definition) is 7. The minimum absolute atomic E-state index is 0.243. The molecule has 0 saturated carbocycles. The molecule has 2 aromatic carbocycles. The summed E-state index contributed by atoms with van der Waals surface area (Å²) in [6.45, 7) is 4.71. The van der Waals surface area contributed by atoms with Crippen molar-refractivity contribution in [1.29, 1.82) is 0 Å². The molecule has 3 aromatic rings. The number of aliphatic hydroxyl groups excluding tert-OH is 1. The van der Waals surface area contributed by atoms with Crippen LogP contribution >= 0.6 is 0 Å². The quantitative estimate of drug-likeness (QED) is 0.580. The van der Waals surface area contributed by atoms with E-state index in [4.69, 9.17) is 10.5 Å². The van der Waals surface area contributed by atoms with Crippen LogP contribution in [0.2, 0.25) is 0 Å². The van der Waals surface area contributed by atoms with Crippen LogP contribution in [0.1, 0.15) is 40.3 Å². The van der Waals surface area contributed by atoms with E-state index < -0.39 is 12.1 Å². The first-order valence-electron chi connectivity index (χ1n) is 11.0. The molecule has 0 aliphatic carbocycles. The number of benzene rings is 2. The van der Waals surface area contributed by atoms with Crippen LogP contribution in [0.25, 0.3) is 16.6 Å². The highest BCUT2D eigenvalue weighted by Crippen LogP contribution is 2.25. The molecule has 2 atom stereocenters. The largest absolute Gasteiger partial charge is 0.398 e. The standard InChI is InChI=1S/C25H29N5O3/c1-15-16(2)24-20(25(32)30(29-28-24)22-14-33-11-9-23(22)31)13-19(15)12-17-4-6-18(7-5-17)21(26)8-10-27-3/h4-8,10,13,22-23,31H,9,11-12,14,26H2,1-3H3/t22-,23-/m0/s1. The lowest BCUT2D eigenvalue weighted by Crippen LogP contribution is -2.41. The summed E-state index contributed by atoms with van der Waals surface area (Å²) < 4.78 is 6.73. The lowest BCUT2D eigenvalue weighted by molar-refractivity contribution is -0.0352. The highest BCUT2D eigenvalue weighted by Gasteiger charge is 2.28. The number of nitrogens with two attached hydrogens (primary N) is 1. The van der Waals surface area contributed by atoms with E-state index in [1.54, 1.807) is 19.3 Å². The van der Waals surface area contributed by atoms with E-state index in [2.05, 4.69) is 15.3 Å². The van der Waals surface area contributed by atoms with Crippen molar-refractivity contribution in [3.63, 3.8) is 0 Å². The summed E-state index contributed by atoms with van der Waals surface area (Å²) in [5, 5.41) is 19.3. The second-order valence-electron chi connectivity index (χ2n) is 8.42. The maximum atomic E-state index is 13.3. The highest BCUT2D eigenvalue weighted by atomic mass is 16.5. The van der Waals surface area contributed by atoms with Gasteiger partial charge in [0, 0.05) is 25.6 Å². The summed E-state index contributed by atoms with van der Waals surface area (Å²) in [4.78, 5) is 17.2. The number of hydrogen-bond donors (Lipinski definition) is 2. The molecular weight excluding hydrogens is 418 g/mol. The van der Waals surface area contributed by atoms with E-state index in [9.17, 15) is 9.90 Å². The molecule has 1 fully saturated rings. The Morgan fingerprint density at radius 1 is 1.30 bits per heavy atom. The van der Waals surface area contributed by atoms with Gasteiger partial charge in [0.25, 0.3) is 5.56 Å². The first-order valence-corrected chi connectivity index (χ1v) is 11.0. The first-order chi connectivity index (χ1) is 15.9. The van der Waals surface area contributed by atoms with E-state index in [0.717, 1.165) is 27.8 Å². The van der Waals surface area contributed by atoms with Crippen LogP contribution < -0.4 is 11.3 Å². The van der Waals surface area contributed by atoms with Crippen LogP contribution in [0.5, 0.6) is 0 Å². The molecule has 1 aliphatic heterocycles. The van der Waals surface area contributed by atoms with Crippen molar-refractivity contribution < 1.29 is 9.84 Å². The molecule has 0 spiro atoms. The smallest absolute Gasteiger partial charge is 0.278 e. The Morgan fingerprint density at radius 3 is 2.76 bits per heavy atom. The van der Waals surface area contributed by atoms with Crippen molar-refractivity contribution in [3.8, 4) is 0 Å². The van der Waals surface area contributed by atoms with Gasteiger partial charge in [0.15, 0.2) is 0 Å². The van der Waals surface area contributed by atoms with Gasteiger partial charge in [0.2, 0.25) is 0 Å². The molecule has 0 amide bonds. The molecule has 8 nitrogen and oxygen atoms in total. The normalized spacial score (nSPS) is 19.5. The number of ether oxygens (including phenoxy) is 1. The van der Waals surface area contributed by atoms with Gasteiger partial charge < -0.3 is 15.6 Å². The Morgan fingerprint density at radius 2 is 2.06 bits per heavy atom. The Balaban J connectivity index is 1.70. The summed E-state index contributed by atoms with van der Waals surface area (Å²) in [7, 11) is 1.70. The first kappa shape index (κ1) is 22.8. The van der Waals surface area contributed by atoms with Crippen molar-refractivity contribution in [2.75, 3.05) is 20.3 Å². The number of aliphatic hydroxyl groups is 1. The Bertz CT molecular complexity index is 1280. The van der Waals surface area contributed by atoms with E-state index in [0.29, 0.717) is 36.0 Å². The average molecular weight is 448 g/mol. The van der Waals surface area contributed by atoms with E-state index in [1.807, 2.05) is 44.2 Å². The number of aliphatic imine (C=N–C) groups is 1. The molecule has 1 saturated heterocycles. The second kappa shape index (κ2) is 9.64. The van der Waals surface area contributed by atoms with Gasteiger partial charge in [-0.05, 0) is 66.6 Å². The van der Waals surface area contributed by atoms with Crippen LogP contribution in [-0.2, 0) is 11.2 Å². The summed E-state index contributed by atoms with van der Waals surface area (Å²) in [5.41, 5.74) is 12.2. The predicted molar refractivity (Wildman–Crippen MR) is 130 cm³/mol. The average Bonchev–Trinajstić information content (AvgIpc) is 2.82. The summed E-state index contributed by atoms with van der Waals surface area (Å²) in [5.74, 6) is 0. The molecule has 33 heavy (non-hydrogen) atoms. The van der Waals surface area contributed by atoms with E-state index in [-0.39, 0.29) is 12.2 Å². The van der Waals surface area contributed by atoms with Gasteiger partial charge in [-0.2, -0.15) is 0 Å². The van der Waals surface area contributed by atoms with Crippen LogP contribution in [0.15, 0.2) is 46.2 Å². The lowest BCUT2D eigenvalue weighted by Gasteiger charge is -2.27. The maximum absolute atomic E-state index is 13.3. The van der Waals surface area contributed by atoms with Crippen LogP contribution in [0, 0.1) is 13.8 Å². The van der Waals surface area contributed by atoms with Gasteiger partial charge in [-0.15, -0.1) is 5.10 Å². The zero-order chi connectivity index (χ0) is 23.5. The molecule has 2 heterocycles. The van der Waals surface area contributed by atoms with Gasteiger partial charge in [0.1, 0.15) is 11.6 Å². The third-order valence-electron chi connectivity index (χ3n) is 6.34. The van der Waals surface area contributed by atoms with Crippen molar-refractivity contribution in [2.45, 2.75) is 38.8 Å². The molecule has 1 aliphatic rings. The summed E-state index contributed by atoms with van der Waals surface area (Å²) >= 11 is 0.